The zero-order chi connectivity index (χ0) is 12.3. The van der Waals surface area contributed by atoms with Crippen molar-refractivity contribution in [3.8, 4) is 11.1 Å². The van der Waals surface area contributed by atoms with Gasteiger partial charge in [0.25, 0.3) is 0 Å². The largest absolute Gasteiger partial charge is 0.179 e. The third-order valence-corrected chi connectivity index (χ3v) is 2.62. The fourth-order valence-electron chi connectivity index (χ4n) is 2.00. The maximum Gasteiger partial charge on any atom is -0.0253 e. The van der Waals surface area contributed by atoms with Gasteiger partial charge in [0.2, 0.25) is 0 Å². The number of rotatable bonds is 0. The van der Waals surface area contributed by atoms with Gasteiger partial charge in [-0.1, -0.05) is 35.4 Å². The van der Waals surface area contributed by atoms with Crippen molar-refractivity contribution in [3.63, 3.8) is 0 Å². The van der Waals surface area contributed by atoms with Gasteiger partial charge in [-0.25, -0.2) is 0 Å². The molecule has 0 atom stereocenters. The molecular weight excluding hydrogens is 585 g/mol. The van der Waals surface area contributed by atoms with Crippen molar-refractivity contribution in [2.45, 2.75) is 6.42 Å². The van der Waals surface area contributed by atoms with E-state index in [4.69, 9.17) is 0 Å². The Balaban J connectivity index is 0.000000239. The molecule has 17 heavy (non-hydrogen) atoms. The van der Waals surface area contributed by atoms with Crippen LogP contribution in [0.3, 0.4) is 0 Å². The number of fused-ring (bicyclic) bond motifs is 3. The molecule has 3 rings (SSSR count). The fourth-order valence-corrected chi connectivity index (χ4v) is 2.00. The monoisotopic (exact) mass is 594 g/mol. The van der Waals surface area contributed by atoms with Crippen LogP contribution in [-0.4, -0.2) is 0 Å². The minimum absolute atomic E-state index is 0.423. The summed E-state index contributed by atoms with van der Waals surface area (Å²) in [4.78, 5) is 0. The second-order valence-corrected chi connectivity index (χ2v) is 43.2. The standard InChI is InChI=1S/C13H9.3HI.Ti/c1-3-7-12-10(5-1)9-11-6-2-4-8-13(11)12;;;;/h1-5,7-8H,9H2;3*1H;/q-1;;;;+4/p-3. The summed E-state index contributed by atoms with van der Waals surface area (Å²) in [6, 6.07) is 18.1. The van der Waals surface area contributed by atoms with Crippen LogP contribution < -0.4 is 0 Å². The van der Waals surface area contributed by atoms with Gasteiger partial charge in [-0.3, -0.25) is 0 Å². The third-order valence-electron chi connectivity index (χ3n) is 2.62. The predicted octanol–water partition coefficient (Wildman–Crippen LogP) is 5.71. The van der Waals surface area contributed by atoms with E-state index >= 15 is 0 Å². The summed E-state index contributed by atoms with van der Waals surface area (Å²) >= 11 is 7.45. The molecule has 1 aliphatic rings. The maximum absolute atomic E-state index is 3.30. The van der Waals surface area contributed by atoms with Gasteiger partial charge in [-0.05, 0) is 6.42 Å². The van der Waals surface area contributed by atoms with Crippen molar-refractivity contribution >= 4 is 57.6 Å². The first-order valence-electron chi connectivity index (χ1n) is 5.10. The van der Waals surface area contributed by atoms with Crippen molar-refractivity contribution in [2.75, 3.05) is 0 Å². The van der Waals surface area contributed by atoms with E-state index < -0.39 is 6.63 Å². The molecule has 0 nitrogen and oxygen atoms in total. The molecule has 0 amide bonds. The first-order chi connectivity index (χ1) is 8.18. The number of halogens is 3. The molecule has 2 aromatic rings. The molecule has 0 saturated heterocycles. The molecule has 0 unspecified atom stereocenters. The van der Waals surface area contributed by atoms with Crippen LogP contribution in [-0.2, 0) is 13.0 Å². The molecule has 1 aliphatic carbocycles. The van der Waals surface area contributed by atoms with Gasteiger partial charge in [-0.2, -0.15) is 29.8 Å². The van der Waals surface area contributed by atoms with E-state index in [0.717, 1.165) is 6.42 Å². The van der Waals surface area contributed by atoms with Gasteiger partial charge >= 0.3 is 64.2 Å². The fraction of sp³-hybridized carbons (Fsp3) is 0.0769. The molecule has 0 spiro atoms. The molecule has 0 saturated carbocycles. The minimum atomic E-state index is -0.423. The Morgan fingerprint density at radius 3 is 2.35 bits per heavy atom. The van der Waals surface area contributed by atoms with E-state index in [1.165, 1.54) is 22.3 Å². The Morgan fingerprint density at radius 2 is 1.59 bits per heavy atom. The summed E-state index contributed by atoms with van der Waals surface area (Å²) in [5.74, 6) is 0. The van der Waals surface area contributed by atoms with Crippen molar-refractivity contribution in [2.24, 2.45) is 0 Å². The Bertz CT molecular complexity index is 465. The summed E-state index contributed by atoms with van der Waals surface area (Å²) in [5.41, 5.74) is 5.51. The maximum atomic E-state index is 3.30. The first-order valence-corrected chi connectivity index (χ1v) is 20.2. The minimum Gasteiger partial charge on any atom is -0.179 e. The second-order valence-electron chi connectivity index (χ2n) is 3.61. The summed E-state index contributed by atoms with van der Waals surface area (Å²) in [6.07, 6.45) is 1.05. The Hall–Kier alpha value is 1.34. The number of hydrogen-bond acceptors (Lipinski definition) is 0. The van der Waals surface area contributed by atoms with E-state index in [9.17, 15) is 0 Å². The summed E-state index contributed by atoms with van der Waals surface area (Å²) in [6.45, 7) is -0.423. The van der Waals surface area contributed by atoms with E-state index in [1.807, 2.05) is 6.07 Å². The van der Waals surface area contributed by atoms with Crippen molar-refractivity contribution in [1.29, 1.82) is 0 Å². The third kappa shape index (κ3) is 4.16. The summed E-state index contributed by atoms with van der Waals surface area (Å²) < 4.78 is 0. The average Bonchev–Trinajstić information content (AvgIpc) is 2.66. The molecule has 0 aromatic heterocycles. The normalized spacial score (nSPS) is 11.0. The Kier molecular flexibility index (Phi) is 6.26. The SMILES string of the molecule is [I][Ti+]([I])[I].[c-]1cccc2c1Cc1ccccc1-2. The molecule has 0 radical (unpaired) electrons. The topological polar surface area (TPSA) is 0 Å². The smallest absolute Gasteiger partial charge is 0.0253 e. The van der Waals surface area contributed by atoms with Crippen LogP contribution in [0.15, 0.2) is 42.5 Å². The van der Waals surface area contributed by atoms with Gasteiger partial charge < -0.3 is 0 Å². The van der Waals surface area contributed by atoms with Crippen LogP contribution in [0.2, 0.25) is 0 Å². The number of benzene rings is 2. The molecular formula is C13H9I3Ti. The molecule has 2 aromatic carbocycles. The molecule has 86 valence electrons. The Morgan fingerprint density at radius 1 is 0.941 bits per heavy atom. The van der Waals surface area contributed by atoms with E-state index in [0.29, 0.717) is 0 Å². The van der Waals surface area contributed by atoms with E-state index in [-0.39, 0.29) is 0 Å². The van der Waals surface area contributed by atoms with Crippen LogP contribution in [0.5, 0.6) is 0 Å². The van der Waals surface area contributed by atoms with E-state index in [2.05, 4.69) is 100 Å². The average molecular weight is 594 g/mol. The molecule has 0 N–H and O–H groups in total. The Labute approximate surface area is 139 Å². The van der Waals surface area contributed by atoms with Crippen molar-refractivity contribution in [1.82, 2.24) is 0 Å². The summed E-state index contributed by atoms with van der Waals surface area (Å²) in [7, 11) is 0. The van der Waals surface area contributed by atoms with Gasteiger partial charge in [0, 0.05) is 0 Å². The van der Waals surface area contributed by atoms with Gasteiger partial charge in [-0.15, -0.1) is 5.56 Å². The van der Waals surface area contributed by atoms with Gasteiger partial charge in [0.05, 0.1) is 0 Å². The molecule has 0 heterocycles. The number of hydrogen-bond donors (Lipinski definition) is 0. The van der Waals surface area contributed by atoms with Crippen molar-refractivity contribution in [3.05, 3.63) is 59.7 Å². The van der Waals surface area contributed by atoms with Crippen LogP contribution >= 0.6 is 57.6 Å². The zero-order valence-electron chi connectivity index (χ0n) is 8.88. The first kappa shape index (κ1) is 14.7. The molecule has 4 heteroatoms. The van der Waals surface area contributed by atoms with Crippen LogP contribution in [0.25, 0.3) is 11.1 Å². The van der Waals surface area contributed by atoms with Crippen LogP contribution in [0, 0.1) is 6.07 Å². The summed E-state index contributed by atoms with van der Waals surface area (Å²) in [5, 5.41) is 0. The predicted molar refractivity (Wildman–Crippen MR) is 95.6 cm³/mol. The van der Waals surface area contributed by atoms with Crippen LogP contribution in [0.1, 0.15) is 11.1 Å². The van der Waals surface area contributed by atoms with Gasteiger partial charge in [0.1, 0.15) is 0 Å². The van der Waals surface area contributed by atoms with E-state index in [1.54, 1.807) is 0 Å². The quantitative estimate of drug-likeness (QED) is 0.178. The molecule has 0 fully saturated rings. The van der Waals surface area contributed by atoms with Crippen molar-refractivity contribution < 1.29 is 6.63 Å². The molecule has 0 aliphatic heterocycles. The molecule has 0 bridgehead atoms. The van der Waals surface area contributed by atoms with Crippen LogP contribution in [0.4, 0.5) is 0 Å². The van der Waals surface area contributed by atoms with Gasteiger partial charge in [0.15, 0.2) is 0 Å². The zero-order valence-corrected chi connectivity index (χ0v) is 16.9. The second kappa shape index (κ2) is 7.21.